The summed E-state index contributed by atoms with van der Waals surface area (Å²) in [5, 5.41) is 3.05. The second-order valence-electron chi connectivity index (χ2n) is 6.21. The number of nitrogens with one attached hydrogen (secondary N) is 1. The molecule has 5 heteroatoms. The van der Waals surface area contributed by atoms with Crippen LogP contribution in [-0.2, 0) is 24.2 Å². The van der Waals surface area contributed by atoms with E-state index in [1.807, 2.05) is 0 Å². The van der Waals surface area contributed by atoms with E-state index in [1.165, 1.54) is 30.2 Å². The molecule has 0 saturated heterocycles. The number of aromatic nitrogens is 2. The molecule has 2 aliphatic rings. The van der Waals surface area contributed by atoms with Crippen LogP contribution in [0, 0.1) is 0 Å². The first-order valence-electron chi connectivity index (χ1n) is 8.10. The molecule has 114 valence electrons. The van der Waals surface area contributed by atoms with Gasteiger partial charge in [0.25, 0.3) is 5.56 Å². The molecule has 0 radical (unpaired) electrons. The summed E-state index contributed by atoms with van der Waals surface area (Å²) in [6, 6.07) is 0.285. The molecule has 2 aliphatic carbocycles. The van der Waals surface area contributed by atoms with Gasteiger partial charge in [0, 0.05) is 11.6 Å². The Morgan fingerprint density at radius 3 is 2.76 bits per heavy atom. The summed E-state index contributed by atoms with van der Waals surface area (Å²) in [4.78, 5) is 28.8. The first kappa shape index (κ1) is 14.3. The topological polar surface area (TPSA) is 64.0 Å². The molecule has 5 nitrogen and oxygen atoms in total. The normalized spacial score (nSPS) is 19.0. The second-order valence-corrected chi connectivity index (χ2v) is 6.21. The lowest BCUT2D eigenvalue weighted by Gasteiger charge is -2.23. The molecule has 0 spiro atoms. The minimum Gasteiger partial charge on any atom is -0.352 e. The molecule has 0 aliphatic heterocycles. The molecule has 3 rings (SSSR count). The van der Waals surface area contributed by atoms with Crippen molar-refractivity contribution >= 4 is 5.91 Å². The molecular weight excluding hydrogens is 266 g/mol. The number of fused-ring (bicyclic) bond motifs is 1. The third-order valence-electron chi connectivity index (χ3n) is 4.59. The van der Waals surface area contributed by atoms with Gasteiger partial charge in [-0.1, -0.05) is 19.3 Å². The first-order chi connectivity index (χ1) is 10.2. The molecule has 1 amide bonds. The Morgan fingerprint density at radius 1 is 1.19 bits per heavy atom. The Hall–Kier alpha value is -1.65. The van der Waals surface area contributed by atoms with Crippen molar-refractivity contribution in [2.24, 2.45) is 0 Å². The first-order valence-corrected chi connectivity index (χ1v) is 8.10. The molecule has 1 heterocycles. The summed E-state index contributed by atoms with van der Waals surface area (Å²) >= 11 is 0. The molecule has 0 bridgehead atoms. The van der Waals surface area contributed by atoms with E-state index in [0.29, 0.717) is 0 Å². The van der Waals surface area contributed by atoms with Crippen molar-refractivity contribution in [2.75, 3.05) is 0 Å². The molecule has 0 atom stereocenters. The molecule has 1 saturated carbocycles. The summed E-state index contributed by atoms with van der Waals surface area (Å²) in [7, 11) is 0. The highest BCUT2D eigenvalue weighted by Crippen LogP contribution is 2.17. The fourth-order valence-electron chi connectivity index (χ4n) is 3.41. The van der Waals surface area contributed by atoms with Crippen LogP contribution in [-0.4, -0.2) is 21.5 Å². The monoisotopic (exact) mass is 289 g/mol. The van der Waals surface area contributed by atoms with Gasteiger partial charge in [0.05, 0.1) is 12.0 Å². The maximum absolute atomic E-state index is 12.4. The van der Waals surface area contributed by atoms with Crippen LogP contribution in [0.25, 0.3) is 0 Å². The standard InChI is InChI=1S/C16H23N3O2/c20-15(18-12-6-2-1-3-7-12)10-19-11-17-14-9-5-4-8-13(14)16(19)21/h11-12H,1-10H2,(H,18,20). The number of carbonyl (C=O) groups is 1. The van der Waals surface area contributed by atoms with Crippen molar-refractivity contribution in [1.82, 2.24) is 14.9 Å². The molecular formula is C16H23N3O2. The second kappa shape index (κ2) is 6.41. The third kappa shape index (κ3) is 3.34. The number of nitrogens with zero attached hydrogens (tertiary/aromatic N) is 2. The SMILES string of the molecule is O=C(Cn1cnc2c(c1=O)CCCC2)NC1CCCCC1. The van der Waals surface area contributed by atoms with E-state index in [1.54, 1.807) is 0 Å². The highest BCUT2D eigenvalue weighted by molar-refractivity contribution is 5.76. The minimum absolute atomic E-state index is 0.0292. The van der Waals surface area contributed by atoms with Gasteiger partial charge in [0.15, 0.2) is 0 Å². The molecule has 1 aromatic heterocycles. The van der Waals surface area contributed by atoms with E-state index in [0.717, 1.165) is 49.8 Å². The Labute approximate surface area is 124 Å². The quantitative estimate of drug-likeness (QED) is 0.918. The minimum atomic E-state index is -0.0680. The van der Waals surface area contributed by atoms with Crippen molar-refractivity contribution in [3.8, 4) is 0 Å². The molecule has 1 aromatic rings. The summed E-state index contributed by atoms with van der Waals surface area (Å²) < 4.78 is 1.46. The van der Waals surface area contributed by atoms with Crippen molar-refractivity contribution in [3.05, 3.63) is 27.9 Å². The van der Waals surface area contributed by atoms with Crippen LogP contribution in [0.15, 0.2) is 11.1 Å². The van der Waals surface area contributed by atoms with Crippen molar-refractivity contribution in [3.63, 3.8) is 0 Å². The summed E-state index contributed by atoms with van der Waals surface area (Å²) in [5.41, 5.74) is 1.71. The van der Waals surface area contributed by atoms with Crippen LogP contribution in [0.2, 0.25) is 0 Å². The maximum Gasteiger partial charge on any atom is 0.257 e. The van der Waals surface area contributed by atoms with Crippen LogP contribution in [0.1, 0.15) is 56.2 Å². The van der Waals surface area contributed by atoms with Gasteiger partial charge >= 0.3 is 0 Å². The average molecular weight is 289 g/mol. The largest absolute Gasteiger partial charge is 0.352 e. The number of amides is 1. The van der Waals surface area contributed by atoms with E-state index in [9.17, 15) is 9.59 Å². The third-order valence-corrected chi connectivity index (χ3v) is 4.59. The zero-order valence-corrected chi connectivity index (χ0v) is 12.4. The van der Waals surface area contributed by atoms with Crippen molar-refractivity contribution in [2.45, 2.75) is 70.4 Å². The smallest absolute Gasteiger partial charge is 0.257 e. The van der Waals surface area contributed by atoms with Gasteiger partial charge < -0.3 is 5.32 Å². The van der Waals surface area contributed by atoms with Crippen LogP contribution < -0.4 is 10.9 Å². The van der Waals surface area contributed by atoms with Crippen LogP contribution >= 0.6 is 0 Å². The van der Waals surface area contributed by atoms with Crippen molar-refractivity contribution in [1.29, 1.82) is 0 Å². The summed E-state index contributed by atoms with van der Waals surface area (Å²) in [6.07, 6.45) is 11.1. The molecule has 1 fully saturated rings. The van der Waals surface area contributed by atoms with Crippen LogP contribution in [0.3, 0.4) is 0 Å². The number of hydrogen-bond acceptors (Lipinski definition) is 3. The fraction of sp³-hybridized carbons (Fsp3) is 0.688. The Bertz CT molecular complexity index is 573. The lowest BCUT2D eigenvalue weighted by Crippen LogP contribution is -2.40. The predicted molar refractivity (Wildman–Crippen MR) is 80.2 cm³/mol. The molecule has 1 N–H and O–H groups in total. The zero-order valence-electron chi connectivity index (χ0n) is 12.4. The lowest BCUT2D eigenvalue weighted by atomic mass is 9.95. The Kier molecular flexibility index (Phi) is 4.36. The number of aryl methyl sites for hydroxylation is 1. The van der Waals surface area contributed by atoms with Crippen LogP contribution in [0.5, 0.6) is 0 Å². The summed E-state index contributed by atoms with van der Waals surface area (Å²) in [6.45, 7) is 0.0929. The van der Waals surface area contributed by atoms with E-state index in [2.05, 4.69) is 10.3 Å². The fourth-order valence-corrected chi connectivity index (χ4v) is 3.41. The Balaban J connectivity index is 1.67. The van der Waals surface area contributed by atoms with Gasteiger partial charge in [-0.15, -0.1) is 0 Å². The van der Waals surface area contributed by atoms with E-state index < -0.39 is 0 Å². The highest BCUT2D eigenvalue weighted by atomic mass is 16.2. The molecule has 21 heavy (non-hydrogen) atoms. The van der Waals surface area contributed by atoms with Gasteiger partial charge in [-0.05, 0) is 38.5 Å². The average Bonchev–Trinajstić information content (AvgIpc) is 2.51. The number of rotatable bonds is 3. The highest BCUT2D eigenvalue weighted by Gasteiger charge is 2.19. The van der Waals surface area contributed by atoms with E-state index in [-0.39, 0.29) is 24.1 Å². The van der Waals surface area contributed by atoms with Gasteiger partial charge in [0.2, 0.25) is 5.91 Å². The maximum atomic E-state index is 12.4. The number of hydrogen-bond donors (Lipinski definition) is 1. The van der Waals surface area contributed by atoms with Crippen LogP contribution in [0.4, 0.5) is 0 Å². The van der Waals surface area contributed by atoms with Crippen molar-refractivity contribution < 1.29 is 4.79 Å². The van der Waals surface area contributed by atoms with Gasteiger partial charge in [-0.25, -0.2) is 4.98 Å². The molecule has 0 unspecified atom stereocenters. The van der Waals surface area contributed by atoms with Gasteiger partial charge in [0.1, 0.15) is 6.54 Å². The summed E-state index contributed by atoms with van der Waals surface area (Å²) in [5.74, 6) is -0.0680. The van der Waals surface area contributed by atoms with E-state index in [4.69, 9.17) is 0 Å². The van der Waals surface area contributed by atoms with E-state index >= 15 is 0 Å². The number of carbonyl (C=O) groups excluding carboxylic acids is 1. The zero-order chi connectivity index (χ0) is 14.7. The Morgan fingerprint density at radius 2 is 1.95 bits per heavy atom. The molecule has 0 aromatic carbocycles. The predicted octanol–water partition coefficient (Wildman–Crippen LogP) is 1.57. The van der Waals surface area contributed by atoms with Gasteiger partial charge in [-0.3, -0.25) is 14.2 Å². The van der Waals surface area contributed by atoms with Gasteiger partial charge in [-0.2, -0.15) is 0 Å². The lowest BCUT2D eigenvalue weighted by molar-refractivity contribution is -0.122.